The van der Waals surface area contributed by atoms with Crippen molar-refractivity contribution in [2.24, 2.45) is 0 Å². The summed E-state index contributed by atoms with van der Waals surface area (Å²) in [5, 5.41) is 11.0. The zero-order valence-electron chi connectivity index (χ0n) is 16.2. The molecule has 0 aliphatic heterocycles. The van der Waals surface area contributed by atoms with Crippen LogP contribution in [0.25, 0.3) is 10.1 Å². The number of hydrogen-bond acceptors (Lipinski definition) is 4. The average Bonchev–Trinajstić information content (AvgIpc) is 3.04. The summed E-state index contributed by atoms with van der Waals surface area (Å²) in [7, 11) is 2.16. The van der Waals surface area contributed by atoms with Crippen LogP contribution in [0.1, 0.15) is 21.7 Å². The van der Waals surface area contributed by atoms with Gasteiger partial charge >= 0.3 is 0 Å². The third-order valence-electron chi connectivity index (χ3n) is 5.13. The fraction of sp³-hybridized carbons (Fsp3) is 0.208. The molecule has 0 radical (unpaired) electrons. The maximum Gasteiger partial charge on any atom is 0.210 e. The molecule has 0 amide bonds. The molecule has 0 saturated heterocycles. The maximum absolute atomic E-state index is 9.74. The topological polar surface area (TPSA) is 36.4 Å². The van der Waals surface area contributed by atoms with E-state index in [0.29, 0.717) is 0 Å². The van der Waals surface area contributed by atoms with Crippen LogP contribution in [0, 0.1) is 6.92 Å². The van der Waals surface area contributed by atoms with Gasteiger partial charge in [-0.1, -0.05) is 42.5 Å². The van der Waals surface area contributed by atoms with Gasteiger partial charge in [-0.25, -0.2) is 4.98 Å². The fourth-order valence-electron chi connectivity index (χ4n) is 3.67. The van der Waals surface area contributed by atoms with Crippen molar-refractivity contribution < 1.29 is 5.11 Å². The summed E-state index contributed by atoms with van der Waals surface area (Å²) in [5.41, 5.74) is 4.80. The van der Waals surface area contributed by atoms with E-state index in [9.17, 15) is 5.11 Å². The van der Waals surface area contributed by atoms with Crippen molar-refractivity contribution in [1.29, 1.82) is 0 Å². The molecule has 0 aliphatic carbocycles. The summed E-state index contributed by atoms with van der Waals surface area (Å²) in [4.78, 5) is 8.02. The Hall–Kier alpha value is -2.85. The van der Waals surface area contributed by atoms with Gasteiger partial charge in [0.2, 0.25) is 5.88 Å². The van der Waals surface area contributed by atoms with Crippen LogP contribution in [0.5, 0.6) is 5.88 Å². The Kier molecular flexibility index (Phi) is 5.31. The van der Waals surface area contributed by atoms with Gasteiger partial charge in [-0.05, 0) is 48.1 Å². The third-order valence-corrected chi connectivity index (χ3v) is 6.41. The van der Waals surface area contributed by atoms with Gasteiger partial charge in [0.05, 0.1) is 0 Å². The Morgan fingerprint density at radius 1 is 0.964 bits per heavy atom. The molecule has 4 heteroatoms. The first-order chi connectivity index (χ1) is 13.6. The van der Waals surface area contributed by atoms with Gasteiger partial charge in [-0.15, -0.1) is 11.3 Å². The van der Waals surface area contributed by atoms with E-state index in [1.54, 1.807) is 6.07 Å². The molecule has 4 rings (SSSR count). The van der Waals surface area contributed by atoms with E-state index in [2.05, 4.69) is 72.4 Å². The zero-order valence-corrected chi connectivity index (χ0v) is 17.0. The number of aryl methyl sites for hydroxylation is 1. The molecule has 3 nitrogen and oxygen atoms in total. The van der Waals surface area contributed by atoms with E-state index in [0.717, 1.165) is 25.1 Å². The molecule has 142 valence electrons. The zero-order chi connectivity index (χ0) is 19.5. The Labute approximate surface area is 169 Å². The van der Waals surface area contributed by atoms with E-state index in [4.69, 9.17) is 0 Å². The Bertz CT molecular complexity index is 1100. The number of likely N-dealkylation sites (N-methyl/N-ethyl adjacent to an activating group) is 1. The minimum Gasteiger partial charge on any atom is -0.493 e. The molecule has 0 spiro atoms. The Morgan fingerprint density at radius 2 is 1.75 bits per heavy atom. The van der Waals surface area contributed by atoms with Crippen LogP contribution in [-0.2, 0) is 12.8 Å². The molecule has 0 unspecified atom stereocenters. The molecule has 1 N–H and O–H groups in total. The SMILES string of the molecule is Cc1ccccc1N(C)CCc1sc2ccccc2c1Cc1cccc(O)n1. The monoisotopic (exact) mass is 388 g/mol. The lowest BCUT2D eigenvalue weighted by atomic mass is 10.0. The normalized spacial score (nSPS) is 11.1. The summed E-state index contributed by atoms with van der Waals surface area (Å²) in [6.45, 7) is 3.11. The van der Waals surface area contributed by atoms with Gasteiger partial charge in [0.1, 0.15) is 0 Å². The van der Waals surface area contributed by atoms with Crippen molar-refractivity contribution >= 4 is 27.1 Å². The number of thiophene rings is 1. The molecular formula is C24H24N2OS. The molecule has 0 atom stereocenters. The number of aromatic nitrogens is 1. The molecule has 0 bridgehead atoms. The van der Waals surface area contributed by atoms with Gasteiger partial charge in [0, 0.05) is 47.0 Å². The number of para-hydroxylation sites is 1. The number of pyridine rings is 1. The highest BCUT2D eigenvalue weighted by Gasteiger charge is 2.14. The van der Waals surface area contributed by atoms with Crippen molar-refractivity contribution in [3.63, 3.8) is 0 Å². The number of rotatable bonds is 6. The van der Waals surface area contributed by atoms with Crippen molar-refractivity contribution in [2.45, 2.75) is 19.8 Å². The summed E-state index contributed by atoms with van der Waals surface area (Å²) >= 11 is 1.87. The van der Waals surface area contributed by atoms with Crippen LogP contribution in [0.4, 0.5) is 5.69 Å². The number of benzene rings is 2. The predicted molar refractivity (Wildman–Crippen MR) is 119 cm³/mol. The lowest BCUT2D eigenvalue weighted by molar-refractivity contribution is 0.451. The molecular weight excluding hydrogens is 364 g/mol. The second-order valence-electron chi connectivity index (χ2n) is 7.12. The van der Waals surface area contributed by atoms with Crippen molar-refractivity contribution in [3.05, 3.63) is 88.4 Å². The molecule has 0 aliphatic rings. The molecule has 0 fully saturated rings. The average molecular weight is 389 g/mol. The lowest BCUT2D eigenvalue weighted by Gasteiger charge is -2.21. The highest BCUT2D eigenvalue weighted by molar-refractivity contribution is 7.19. The predicted octanol–water partition coefficient (Wildman–Crippen LogP) is 5.58. The fourth-order valence-corrected chi connectivity index (χ4v) is 4.89. The molecule has 2 heterocycles. The van der Waals surface area contributed by atoms with Crippen LogP contribution in [0.2, 0.25) is 0 Å². The number of fused-ring (bicyclic) bond motifs is 1. The lowest BCUT2D eigenvalue weighted by Crippen LogP contribution is -2.21. The van der Waals surface area contributed by atoms with E-state index in [1.807, 2.05) is 23.5 Å². The Morgan fingerprint density at radius 3 is 2.57 bits per heavy atom. The molecule has 28 heavy (non-hydrogen) atoms. The first-order valence-electron chi connectivity index (χ1n) is 9.53. The summed E-state index contributed by atoms with van der Waals surface area (Å²) < 4.78 is 1.31. The summed E-state index contributed by atoms with van der Waals surface area (Å²) in [6.07, 6.45) is 1.72. The Balaban J connectivity index is 1.62. The van der Waals surface area contributed by atoms with Crippen molar-refractivity contribution in [2.75, 3.05) is 18.5 Å². The maximum atomic E-state index is 9.74. The van der Waals surface area contributed by atoms with Crippen molar-refractivity contribution in [1.82, 2.24) is 4.98 Å². The largest absolute Gasteiger partial charge is 0.493 e. The first kappa shape index (κ1) is 18.5. The van der Waals surface area contributed by atoms with Crippen LogP contribution in [0.15, 0.2) is 66.7 Å². The van der Waals surface area contributed by atoms with E-state index in [-0.39, 0.29) is 5.88 Å². The highest BCUT2D eigenvalue weighted by Crippen LogP contribution is 2.33. The number of hydrogen-bond donors (Lipinski definition) is 1. The number of anilines is 1. The van der Waals surface area contributed by atoms with Gasteiger partial charge in [-0.3, -0.25) is 0 Å². The summed E-state index contributed by atoms with van der Waals surface area (Å²) in [5.74, 6) is 0.0814. The summed E-state index contributed by atoms with van der Waals surface area (Å²) in [6, 6.07) is 22.5. The first-order valence-corrected chi connectivity index (χ1v) is 10.3. The van der Waals surface area contributed by atoms with Crippen LogP contribution in [0.3, 0.4) is 0 Å². The minimum absolute atomic E-state index is 0.0814. The molecule has 0 saturated carbocycles. The smallest absolute Gasteiger partial charge is 0.210 e. The van der Waals surface area contributed by atoms with E-state index in [1.165, 1.54) is 31.8 Å². The molecule has 2 aromatic heterocycles. The van der Waals surface area contributed by atoms with Gasteiger partial charge in [-0.2, -0.15) is 0 Å². The third kappa shape index (κ3) is 3.87. The van der Waals surface area contributed by atoms with Gasteiger partial charge in [0.15, 0.2) is 0 Å². The van der Waals surface area contributed by atoms with Crippen LogP contribution < -0.4 is 4.90 Å². The highest BCUT2D eigenvalue weighted by atomic mass is 32.1. The second-order valence-corrected chi connectivity index (χ2v) is 8.26. The molecule has 2 aromatic carbocycles. The van der Waals surface area contributed by atoms with Crippen LogP contribution >= 0.6 is 11.3 Å². The van der Waals surface area contributed by atoms with Gasteiger partial charge < -0.3 is 10.0 Å². The second kappa shape index (κ2) is 8.03. The minimum atomic E-state index is 0.0814. The van der Waals surface area contributed by atoms with E-state index >= 15 is 0 Å². The number of nitrogens with zero attached hydrogens (tertiary/aromatic N) is 2. The quantitative estimate of drug-likeness (QED) is 0.468. The van der Waals surface area contributed by atoms with Crippen LogP contribution in [-0.4, -0.2) is 23.7 Å². The van der Waals surface area contributed by atoms with Gasteiger partial charge in [0.25, 0.3) is 0 Å². The van der Waals surface area contributed by atoms with E-state index < -0.39 is 0 Å². The molecule has 4 aromatic rings. The standard InChI is InChI=1S/C24H24N2OS/c1-17-8-3-5-11-21(17)26(2)15-14-23-20(16-18-9-7-13-24(27)25-18)19-10-4-6-12-22(19)28-23/h3-13H,14-16H2,1-2H3,(H,25,27). The van der Waals surface area contributed by atoms with Crippen molar-refractivity contribution in [3.8, 4) is 5.88 Å². The number of aromatic hydroxyl groups is 1.